The Morgan fingerprint density at radius 1 is 1.53 bits per heavy atom. The fourth-order valence-corrected chi connectivity index (χ4v) is 1.36. The smallest absolute Gasteiger partial charge is 0.162 e. The highest BCUT2D eigenvalue weighted by Crippen LogP contribution is 2.31. The van der Waals surface area contributed by atoms with Crippen LogP contribution in [0.2, 0.25) is 0 Å². The highest BCUT2D eigenvalue weighted by molar-refractivity contribution is 5.51. The molecular weight excluding hydrogens is 194 g/mol. The molecule has 1 aromatic carbocycles. The van der Waals surface area contributed by atoms with Gasteiger partial charge >= 0.3 is 0 Å². The second-order valence-corrected chi connectivity index (χ2v) is 3.35. The highest BCUT2D eigenvalue weighted by Gasteiger charge is 2.12. The first-order valence-corrected chi connectivity index (χ1v) is 4.56. The van der Waals surface area contributed by atoms with E-state index in [-0.39, 0.29) is 17.9 Å². The highest BCUT2D eigenvalue weighted by atomic mass is 16.5. The van der Waals surface area contributed by atoms with Crippen molar-refractivity contribution in [2.24, 2.45) is 0 Å². The molecule has 0 fully saturated rings. The summed E-state index contributed by atoms with van der Waals surface area (Å²) in [6, 6.07) is 4.98. The maximum Gasteiger partial charge on any atom is 0.162 e. The molecule has 15 heavy (non-hydrogen) atoms. The largest absolute Gasteiger partial charge is 0.504 e. The van der Waals surface area contributed by atoms with Crippen molar-refractivity contribution in [2.45, 2.75) is 19.4 Å². The number of phenolic OH excluding ortho intramolecular Hbond substituents is 1. The van der Waals surface area contributed by atoms with E-state index in [4.69, 9.17) is 10.00 Å². The minimum Gasteiger partial charge on any atom is -0.504 e. The molecule has 0 aliphatic heterocycles. The Morgan fingerprint density at radius 3 is 2.67 bits per heavy atom. The fourth-order valence-electron chi connectivity index (χ4n) is 1.36. The molecular formula is C11H13NO3. The Hall–Kier alpha value is -1.73. The van der Waals surface area contributed by atoms with Crippen LogP contribution in [-0.4, -0.2) is 23.4 Å². The average molecular weight is 207 g/mol. The summed E-state index contributed by atoms with van der Waals surface area (Å²) in [5.74, 6) is 0.238. The Bertz CT molecular complexity index is 394. The third kappa shape index (κ3) is 2.61. The van der Waals surface area contributed by atoms with E-state index < -0.39 is 6.10 Å². The van der Waals surface area contributed by atoms with E-state index in [9.17, 15) is 10.2 Å². The first-order chi connectivity index (χ1) is 7.08. The van der Waals surface area contributed by atoms with Gasteiger partial charge in [-0.25, -0.2) is 0 Å². The number of nitriles is 1. The molecule has 0 radical (unpaired) electrons. The molecule has 0 amide bonds. The van der Waals surface area contributed by atoms with E-state index in [1.54, 1.807) is 13.0 Å². The average Bonchev–Trinajstić information content (AvgIpc) is 2.20. The molecule has 0 aliphatic carbocycles. The summed E-state index contributed by atoms with van der Waals surface area (Å²) in [5, 5.41) is 27.7. The predicted molar refractivity (Wildman–Crippen MR) is 54.8 cm³/mol. The number of aliphatic hydroxyl groups is 1. The summed E-state index contributed by atoms with van der Waals surface area (Å²) in [6.45, 7) is 1.62. The Morgan fingerprint density at radius 2 is 2.20 bits per heavy atom. The van der Waals surface area contributed by atoms with Crippen molar-refractivity contribution in [3.63, 3.8) is 0 Å². The first-order valence-electron chi connectivity index (χ1n) is 4.56. The molecule has 4 heteroatoms. The van der Waals surface area contributed by atoms with Gasteiger partial charge in [0.2, 0.25) is 0 Å². The van der Waals surface area contributed by atoms with Crippen molar-refractivity contribution in [2.75, 3.05) is 7.11 Å². The minimum absolute atomic E-state index is 0.0163. The number of phenols is 1. The van der Waals surface area contributed by atoms with Gasteiger partial charge in [-0.3, -0.25) is 0 Å². The summed E-state index contributed by atoms with van der Waals surface area (Å²) in [5.41, 5.74) is 0.918. The van der Waals surface area contributed by atoms with Gasteiger partial charge in [-0.2, -0.15) is 5.26 Å². The lowest BCUT2D eigenvalue weighted by atomic mass is 10.0. The molecule has 0 spiro atoms. The zero-order valence-corrected chi connectivity index (χ0v) is 8.69. The number of ether oxygens (including phenoxy) is 1. The lowest BCUT2D eigenvalue weighted by molar-refractivity contribution is 0.194. The number of rotatable bonds is 3. The number of benzene rings is 1. The molecule has 1 aromatic rings. The van der Waals surface area contributed by atoms with Gasteiger partial charge in [0, 0.05) is 18.1 Å². The Kier molecular flexibility index (Phi) is 3.53. The van der Waals surface area contributed by atoms with E-state index in [1.807, 2.05) is 6.07 Å². The van der Waals surface area contributed by atoms with Crippen molar-refractivity contribution in [1.82, 2.24) is 0 Å². The standard InChI is InChI=1S/C11H13NO3/c1-7(13)3-9-4-8(6-12)5-10(15-2)11(9)14/h4-5,7,13-14H,3H2,1-2H3. The quantitative estimate of drug-likeness (QED) is 0.781. The molecule has 1 atom stereocenters. The number of methoxy groups -OCH3 is 1. The van der Waals surface area contributed by atoms with E-state index in [2.05, 4.69) is 0 Å². The zero-order chi connectivity index (χ0) is 11.4. The summed E-state index contributed by atoms with van der Waals surface area (Å²) in [6.07, 6.45) is -0.285. The van der Waals surface area contributed by atoms with Gasteiger partial charge in [0.1, 0.15) is 0 Å². The number of aromatic hydroxyl groups is 1. The molecule has 0 saturated carbocycles. The van der Waals surface area contributed by atoms with E-state index in [1.165, 1.54) is 13.2 Å². The van der Waals surface area contributed by atoms with Gasteiger partial charge in [-0.15, -0.1) is 0 Å². The maximum absolute atomic E-state index is 9.71. The van der Waals surface area contributed by atoms with Crippen LogP contribution in [0.1, 0.15) is 18.1 Å². The summed E-state index contributed by atoms with van der Waals surface area (Å²) in [7, 11) is 1.42. The second-order valence-electron chi connectivity index (χ2n) is 3.35. The van der Waals surface area contributed by atoms with Crippen molar-refractivity contribution in [3.05, 3.63) is 23.3 Å². The number of hydrogen-bond donors (Lipinski definition) is 2. The van der Waals surface area contributed by atoms with Crippen LogP contribution in [0.5, 0.6) is 11.5 Å². The summed E-state index contributed by atoms with van der Waals surface area (Å²) in [4.78, 5) is 0. The van der Waals surface area contributed by atoms with E-state index in [0.29, 0.717) is 11.1 Å². The molecule has 0 aromatic heterocycles. The van der Waals surface area contributed by atoms with Gasteiger partial charge in [0.25, 0.3) is 0 Å². The van der Waals surface area contributed by atoms with Crippen LogP contribution >= 0.6 is 0 Å². The van der Waals surface area contributed by atoms with E-state index in [0.717, 1.165) is 0 Å². The van der Waals surface area contributed by atoms with Gasteiger partial charge in [0.05, 0.1) is 24.8 Å². The lowest BCUT2D eigenvalue weighted by Crippen LogP contribution is -2.05. The monoisotopic (exact) mass is 207 g/mol. The normalized spacial score (nSPS) is 11.9. The van der Waals surface area contributed by atoms with Crippen LogP contribution in [0.15, 0.2) is 12.1 Å². The topological polar surface area (TPSA) is 73.5 Å². The van der Waals surface area contributed by atoms with Crippen LogP contribution in [0.4, 0.5) is 0 Å². The molecule has 0 heterocycles. The van der Waals surface area contributed by atoms with E-state index >= 15 is 0 Å². The maximum atomic E-state index is 9.71. The van der Waals surface area contributed by atoms with Crippen LogP contribution in [0.3, 0.4) is 0 Å². The van der Waals surface area contributed by atoms with Crippen LogP contribution < -0.4 is 4.74 Å². The number of aliphatic hydroxyl groups excluding tert-OH is 1. The number of nitrogens with zero attached hydrogens (tertiary/aromatic N) is 1. The molecule has 1 rings (SSSR count). The molecule has 2 N–H and O–H groups in total. The molecule has 80 valence electrons. The van der Waals surface area contributed by atoms with Gasteiger partial charge in [-0.1, -0.05) is 0 Å². The van der Waals surface area contributed by atoms with Gasteiger partial charge < -0.3 is 14.9 Å². The number of hydrogen-bond acceptors (Lipinski definition) is 4. The van der Waals surface area contributed by atoms with Crippen molar-refractivity contribution in [3.8, 4) is 17.6 Å². The molecule has 0 aliphatic rings. The fraction of sp³-hybridized carbons (Fsp3) is 0.364. The summed E-state index contributed by atoms with van der Waals surface area (Å²) < 4.78 is 4.93. The molecule has 4 nitrogen and oxygen atoms in total. The molecule has 0 saturated heterocycles. The van der Waals surface area contributed by atoms with Crippen LogP contribution in [-0.2, 0) is 6.42 Å². The summed E-state index contributed by atoms with van der Waals surface area (Å²) >= 11 is 0. The third-order valence-electron chi connectivity index (χ3n) is 2.02. The first kappa shape index (κ1) is 11.3. The van der Waals surface area contributed by atoms with Gasteiger partial charge in [0.15, 0.2) is 11.5 Å². The predicted octanol–water partition coefficient (Wildman–Crippen LogP) is 1.20. The Balaban J connectivity index is 3.19. The second kappa shape index (κ2) is 4.67. The van der Waals surface area contributed by atoms with Crippen LogP contribution in [0.25, 0.3) is 0 Å². The molecule has 0 bridgehead atoms. The van der Waals surface area contributed by atoms with Crippen molar-refractivity contribution >= 4 is 0 Å². The Labute approximate surface area is 88.4 Å². The zero-order valence-electron chi connectivity index (χ0n) is 8.69. The lowest BCUT2D eigenvalue weighted by Gasteiger charge is -2.10. The van der Waals surface area contributed by atoms with Crippen LogP contribution in [0, 0.1) is 11.3 Å². The van der Waals surface area contributed by atoms with Crippen molar-refractivity contribution < 1.29 is 14.9 Å². The minimum atomic E-state index is -0.574. The van der Waals surface area contributed by atoms with Crippen molar-refractivity contribution in [1.29, 1.82) is 5.26 Å². The molecule has 1 unspecified atom stereocenters. The van der Waals surface area contributed by atoms with Gasteiger partial charge in [-0.05, 0) is 13.0 Å². The SMILES string of the molecule is COc1cc(C#N)cc(CC(C)O)c1O. The third-order valence-corrected chi connectivity index (χ3v) is 2.02.